The Kier molecular flexibility index (Phi) is 6.30. The van der Waals surface area contributed by atoms with Crippen LogP contribution in [0.5, 0.6) is 0 Å². The monoisotopic (exact) mass is 204 g/mol. The molecule has 0 bridgehead atoms. The van der Waals surface area contributed by atoms with Crippen LogP contribution in [0.1, 0.15) is 31.2 Å². The molecule has 0 aliphatic carbocycles. The number of hydrogen-bond donors (Lipinski definition) is 1. The number of nitrogens with one attached hydrogen (secondary N) is 1. The Labute approximate surface area is 91.7 Å². The molecule has 1 amide bonds. The number of benzene rings is 1. The number of rotatable bonds is 8. The molecule has 0 saturated heterocycles. The second kappa shape index (κ2) is 8.04. The summed E-state index contributed by atoms with van der Waals surface area (Å²) in [7, 11) is 0. The van der Waals surface area contributed by atoms with Gasteiger partial charge in [-0.05, 0) is 24.8 Å². The van der Waals surface area contributed by atoms with Crippen LogP contribution in [0.4, 0.5) is 0 Å². The first-order valence-electron chi connectivity index (χ1n) is 5.57. The van der Waals surface area contributed by atoms with E-state index in [2.05, 4.69) is 29.6 Å². The predicted octanol–water partition coefficient (Wildman–Crippen LogP) is 2.45. The van der Waals surface area contributed by atoms with Crippen molar-refractivity contribution in [3.63, 3.8) is 0 Å². The van der Waals surface area contributed by atoms with Crippen molar-refractivity contribution in [2.45, 2.75) is 32.1 Å². The molecule has 0 aliphatic heterocycles. The number of unbranched alkanes of at least 4 members (excludes halogenated alkanes) is 3. The summed E-state index contributed by atoms with van der Waals surface area (Å²) in [5.74, 6) is 0. The van der Waals surface area contributed by atoms with E-state index in [4.69, 9.17) is 0 Å². The van der Waals surface area contributed by atoms with Gasteiger partial charge in [0.15, 0.2) is 0 Å². The Hall–Kier alpha value is -1.31. The largest absolute Gasteiger partial charge is 0.348 e. The van der Waals surface area contributed by atoms with Gasteiger partial charge in [0, 0.05) is 6.54 Å². The zero-order valence-corrected chi connectivity index (χ0v) is 9.04. The fourth-order valence-electron chi connectivity index (χ4n) is 1.59. The van der Waals surface area contributed by atoms with Crippen LogP contribution in [0.3, 0.4) is 0 Å². The van der Waals surface area contributed by atoms with Gasteiger partial charge in [-0.1, -0.05) is 43.2 Å². The van der Waals surface area contributed by atoms with Crippen LogP contribution >= 0.6 is 0 Å². The van der Waals surface area contributed by atoms with Crippen LogP contribution < -0.4 is 5.32 Å². The summed E-state index contributed by atoms with van der Waals surface area (Å²) in [6.45, 7) is 0.759. The van der Waals surface area contributed by atoms with E-state index in [1.165, 1.54) is 24.8 Å². The average molecular weight is 204 g/mol. The molecule has 0 aliphatic rings. The van der Waals surface area contributed by atoms with Crippen LogP contribution in [0.2, 0.25) is 0 Å². The molecular formula is C13H18NO. The highest BCUT2D eigenvalue weighted by atomic mass is 16.1. The summed E-state index contributed by atoms with van der Waals surface area (Å²) in [5.41, 5.74) is 1.41. The van der Waals surface area contributed by atoms with E-state index in [-0.39, 0.29) is 0 Å². The molecule has 0 saturated carbocycles. The minimum atomic E-state index is 0.759. The average Bonchev–Trinajstić information content (AvgIpc) is 2.29. The standard InChI is InChI=1S/C13H18NO/c15-12-14-11-7-2-1-4-8-13-9-5-3-6-10-13/h3,5-6,9-10H,1-2,4,7-8,11H2,(H,14,15). The summed E-state index contributed by atoms with van der Waals surface area (Å²) >= 11 is 0. The van der Waals surface area contributed by atoms with Gasteiger partial charge in [0.1, 0.15) is 0 Å². The fourth-order valence-corrected chi connectivity index (χ4v) is 1.59. The Morgan fingerprint density at radius 3 is 2.47 bits per heavy atom. The van der Waals surface area contributed by atoms with Gasteiger partial charge in [0.25, 0.3) is 0 Å². The van der Waals surface area contributed by atoms with Crippen molar-refractivity contribution in [1.29, 1.82) is 0 Å². The van der Waals surface area contributed by atoms with Gasteiger partial charge in [-0.2, -0.15) is 0 Å². The molecule has 1 N–H and O–H groups in total. The smallest absolute Gasteiger partial charge is 0.309 e. The predicted molar refractivity (Wildman–Crippen MR) is 62.3 cm³/mol. The van der Waals surface area contributed by atoms with Crippen molar-refractivity contribution in [2.24, 2.45) is 0 Å². The lowest BCUT2D eigenvalue weighted by atomic mass is 10.1. The zero-order valence-electron chi connectivity index (χ0n) is 9.04. The van der Waals surface area contributed by atoms with E-state index < -0.39 is 0 Å². The third kappa shape index (κ3) is 5.89. The summed E-state index contributed by atoms with van der Waals surface area (Å²) in [5, 5.41) is 2.55. The van der Waals surface area contributed by atoms with E-state index in [0.29, 0.717) is 0 Å². The molecule has 0 unspecified atom stereocenters. The number of aryl methyl sites for hydroxylation is 1. The molecule has 0 spiro atoms. The maximum absolute atomic E-state index is 9.84. The molecule has 15 heavy (non-hydrogen) atoms. The number of carbonyl (C=O) groups excluding carboxylic acids is 1. The lowest BCUT2D eigenvalue weighted by Crippen LogP contribution is -2.11. The molecule has 1 aromatic rings. The summed E-state index contributed by atoms with van der Waals surface area (Å²) in [4.78, 5) is 9.84. The molecule has 0 heterocycles. The first kappa shape index (κ1) is 11.8. The molecule has 0 atom stereocenters. The van der Waals surface area contributed by atoms with Crippen LogP contribution in [0, 0.1) is 0 Å². The number of hydrogen-bond acceptors (Lipinski definition) is 1. The lowest BCUT2D eigenvalue weighted by Gasteiger charge is -2.01. The van der Waals surface area contributed by atoms with Gasteiger partial charge in [-0.15, -0.1) is 0 Å². The van der Waals surface area contributed by atoms with Gasteiger partial charge < -0.3 is 5.32 Å². The molecule has 1 aromatic carbocycles. The molecule has 2 nitrogen and oxygen atoms in total. The van der Waals surface area contributed by atoms with E-state index in [9.17, 15) is 4.79 Å². The molecule has 0 aromatic heterocycles. The van der Waals surface area contributed by atoms with Crippen molar-refractivity contribution in [3.8, 4) is 0 Å². The van der Waals surface area contributed by atoms with Gasteiger partial charge in [0.2, 0.25) is 0 Å². The van der Waals surface area contributed by atoms with Crippen molar-refractivity contribution in [2.75, 3.05) is 6.54 Å². The molecule has 2 heteroatoms. The van der Waals surface area contributed by atoms with Gasteiger partial charge in [0.05, 0.1) is 0 Å². The third-order valence-corrected chi connectivity index (χ3v) is 2.43. The highest BCUT2D eigenvalue weighted by Gasteiger charge is 1.92. The van der Waals surface area contributed by atoms with Gasteiger partial charge >= 0.3 is 6.41 Å². The Morgan fingerprint density at radius 1 is 1.00 bits per heavy atom. The van der Waals surface area contributed by atoms with Crippen LogP contribution in [0.15, 0.2) is 30.3 Å². The summed E-state index contributed by atoms with van der Waals surface area (Å²) in [6, 6.07) is 10.6. The van der Waals surface area contributed by atoms with Crippen LogP contribution in [0.25, 0.3) is 0 Å². The summed E-state index contributed by atoms with van der Waals surface area (Å²) < 4.78 is 0. The molecule has 81 valence electrons. The van der Waals surface area contributed by atoms with Crippen molar-refractivity contribution < 1.29 is 4.79 Å². The SMILES string of the molecule is O=[C]NCCCCCCc1ccccc1. The van der Waals surface area contributed by atoms with Crippen LogP contribution in [-0.2, 0) is 11.2 Å². The molecule has 1 radical (unpaired) electrons. The normalized spacial score (nSPS) is 9.87. The van der Waals surface area contributed by atoms with Crippen molar-refractivity contribution >= 4 is 6.41 Å². The minimum Gasteiger partial charge on any atom is -0.348 e. The first-order valence-corrected chi connectivity index (χ1v) is 5.57. The van der Waals surface area contributed by atoms with Crippen molar-refractivity contribution in [1.82, 2.24) is 5.32 Å². The second-order valence-corrected chi connectivity index (χ2v) is 3.68. The first-order chi connectivity index (χ1) is 7.43. The van der Waals surface area contributed by atoms with Gasteiger partial charge in [-0.25, -0.2) is 0 Å². The molecular weight excluding hydrogens is 186 g/mol. The highest BCUT2D eigenvalue weighted by molar-refractivity contribution is 5.46. The Morgan fingerprint density at radius 2 is 1.73 bits per heavy atom. The zero-order chi connectivity index (χ0) is 10.8. The second-order valence-electron chi connectivity index (χ2n) is 3.68. The van der Waals surface area contributed by atoms with E-state index in [0.717, 1.165) is 19.4 Å². The van der Waals surface area contributed by atoms with Crippen molar-refractivity contribution in [3.05, 3.63) is 35.9 Å². The third-order valence-electron chi connectivity index (χ3n) is 2.43. The quantitative estimate of drug-likeness (QED) is 0.511. The Bertz CT molecular complexity index is 258. The van der Waals surface area contributed by atoms with E-state index in [1.807, 2.05) is 6.07 Å². The topological polar surface area (TPSA) is 29.1 Å². The minimum absolute atomic E-state index is 0.759. The maximum atomic E-state index is 9.84. The highest BCUT2D eigenvalue weighted by Crippen LogP contribution is 2.06. The lowest BCUT2D eigenvalue weighted by molar-refractivity contribution is 0.536. The van der Waals surface area contributed by atoms with Crippen LogP contribution in [-0.4, -0.2) is 13.0 Å². The molecule has 0 fully saturated rings. The van der Waals surface area contributed by atoms with Gasteiger partial charge in [-0.3, -0.25) is 4.79 Å². The Balaban J connectivity index is 1.95. The van der Waals surface area contributed by atoms with E-state index in [1.54, 1.807) is 6.41 Å². The van der Waals surface area contributed by atoms with E-state index >= 15 is 0 Å². The fraction of sp³-hybridized carbons (Fsp3) is 0.462. The number of amides is 1. The maximum Gasteiger partial charge on any atom is 0.309 e. The molecule has 1 rings (SSSR count). The summed E-state index contributed by atoms with van der Waals surface area (Å²) in [6.07, 6.45) is 7.55.